The second-order valence-electron chi connectivity index (χ2n) is 5.80. The summed E-state index contributed by atoms with van der Waals surface area (Å²) in [4.78, 5) is 27.9. The summed E-state index contributed by atoms with van der Waals surface area (Å²) in [5, 5.41) is 8.52. The van der Waals surface area contributed by atoms with Crippen molar-refractivity contribution in [3.05, 3.63) is 30.1 Å². The molecule has 134 valence electrons. The summed E-state index contributed by atoms with van der Waals surface area (Å²) in [6.45, 7) is 0. The number of carbonyl (C=O) groups is 2. The van der Waals surface area contributed by atoms with Gasteiger partial charge >= 0.3 is 5.97 Å². The highest BCUT2D eigenvalue weighted by Crippen LogP contribution is 2.41. The number of benzene rings is 1. The molecule has 0 bridgehead atoms. The van der Waals surface area contributed by atoms with Crippen LogP contribution in [0.15, 0.2) is 29.3 Å². The number of carbonyl (C=O) groups excluding carboxylic acids is 1. The highest BCUT2D eigenvalue weighted by molar-refractivity contribution is 8.16. The standard InChI is InChI=1S/C15H15FN2O5S2/c16-9-3-1-2-4-10(9)18-11-7-25(22,23)8-12(11)24-15(18)17-13(19)5-6-14(20)21/h1-4,11-12H,5-8H2,(H,20,21). The average Bonchev–Trinajstić information content (AvgIpc) is 2.97. The maximum absolute atomic E-state index is 14.2. The van der Waals surface area contributed by atoms with Gasteiger partial charge < -0.3 is 10.0 Å². The number of amidine groups is 1. The molecule has 0 saturated carbocycles. The summed E-state index contributed by atoms with van der Waals surface area (Å²) in [5.74, 6) is -2.48. The van der Waals surface area contributed by atoms with Crippen LogP contribution in [-0.4, -0.2) is 53.4 Å². The van der Waals surface area contributed by atoms with Crippen LogP contribution in [0.4, 0.5) is 10.1 Å². The Hall–Kier alpha value is -1.94. The van der Waals surface area contributed by atoms with Crippen molar-refractivity contribution in [3.63, 3.8) is 0 Å². The van der Waals surface area contributed by atoms with Crippen molar-refractivity contribution in [1.29, 1.82) is 0 Å². The Morgan fingerprint density at radius 2 is 2.00 bits per heavy atom. The Labute approximate surface area is 147 Å². The van der Waals surface area contributed by atoms with E-state index in [0.717, 1.165) is 11.8 Å². The van der Waals surface area contributed by atoms with Gasteiger partial charge in [-0.05, 0) is 12.1 Å². The van der Waals surface area contributed by atoms with Gasteiger partial charge in [-0.15, -0.1) is 0 Å². The number of halogens is 1. The molecule has 25 heavy (non-hydrogen) atoms. The van der Waals surface area contributed by atoms with Gasteiger partial charge in [-0.3, -0.25) is 9.59 Å². The Bertz CT molecular complexity index is 855. The van der Waals surface area contributed by atoms with Crippen LogP contribution in [0.5, 0.6) is 0 Å². The number of aliphatic imine (C=N–C) groups is 1. The normalized spacial score (nSPS) is 26.0. The lowest BCUT2D eigenvalue weighted by atomic mass is 10.2. The molecular weight excluding hydrogens is 371 g/mol. The number of anilines is 1. The van der Waals surface area contributed by atoms with E-state index in [2.05, 4.69) is 4.99 Å². The molecule has 2 fully saturated rings. The second kappa shape index (κ2) is 6.75. The van der Waals surface area contributed by atoms with Crippen LogP contribution in [0.1, 0.15) is 12.8 Å². The molecule has 2 atom stereocenters. The first-order valence-electron chi connectivity index (χ1n) is 7.51. The van der Waals surface area contributed by atoms with Crippen molar-refractivity contribution >= 4 is 44.3 Å². The lowest BCUT2D eigenvalue weighted by molar-refractivity contribution is -0.138. The molecule has 1 N–H and O–H groups in total. The maximum atomic E-state index is 14.2. The van der Waals surface area contributed by atoms with Gasteiger partial charge in [0.25, 0.3) is 0 Å². The van der Waals surface area contributed by atoms with Gasteiger partial charge in [0.2, 0.25) is 5.91 Å². The van der Waals surface area contributed by atoms with E-state index in [0.29, 0.717) is 0 Å². The van der Waals surface area contributed by atoms with Gasteiger partial charge in [0.1, 0.15) is 5.82 Å². The van der Waals surface area contributed by atoms with E-state index < -0.39 is 33.6 Å². The SMILES string of the molecule is O=C(O)CCC(=O)N=C1SC2CS(=O)(=O)CC2N1c1ccccc1F. The molecule has 1 amide bonds. The van der Waals surface area contributed by atoms with Gasteiger partial charge in [0, 0.05) is 11.7 Å². The van der Waals surface area contributed by atoms with Gasteiger partial charge in [-0.2, -0.15) is 4.99 Å². The van der Waals surface area contributed by atoms with Crippen LogP contribution >= 0.6 is 11.8 Å². The summed E-state index contributed by atoms with van der Waals surface area (Å²) < 4.78 is 38.1. The summed E-state index contributed by atoms with van der Waals surface area (Å²) in [5.41, 5.74) is 0.157. The number of carboxylic acids is 1. The fraction of sp³-hybridized carbons (Fsp3) is 0.400. The average molecular weight is 386 g/mol. The van der Waals surface area contributed by atoms with Crippen LogP contribution in [0.3, 0.4) is 0 Å². The van der Waals surface area contributed by atoms with E-state index in [1.54, 1.807) is 6.07 Å². The van der Waals surface area contributed by atoms with Crippen molar-refractivity contribution in [1.82, 2.24) is 0 Å². The molecule has 0 spiro atoms. The minimum Gasteiger partial charge on any atom is -0.481 e. The summed E-state index contributed by atoms with van der Waals surface area (Å²) in [7, 11) is -3.24. The third kappa shape index (κ3) is 3.84. The zero-order valence-electron chi connectivity index (χ0n) is 13.0. The number of sulfone groups is 1. The third-order valence-corrected chi connectivity index (χ3v) is 7.16. The number of carboxylic acid groups (broad SMARTS) is 1. The number of amides is 1. The lowest BCUT2D eigenvalue weighted by Gasteiger charge is -2.24. The van der Waals surface area contributed by atoms with E-state index in [1.165, 1.54) is 23.1 Å². The zero-order valence-corrected chi connectivity index (χ0v) is 14.6. The van der Waals surface area contributed by atoms with Crippen LogP contribution in [0.25, 0.3) is 0 Å². The number of rotatable bonds is 4. The smallest absolute Gasteiger partial charge is 0.303 e. The number of thioether (sulfide) groups is 1. The van der Waals surface area contributed by atoms with Gasteiger partial charge in [-0.1, -0.05) is 23.9 Å². The Morgan fingerprint density at radius 1 is 1.28 bits per heavy atom. The molecule has 0 aliphatic carbocycles. The molecular formula is C15H15FN2O5S2. The van der Waals surface area contributed by atoms with E-state index in [4.69, 9.17) is 5.11 Å². The molecule has 0 aromatic heterocycles. The summed E-state index contributed by atoms with van der Waals surface area (Å²) >= 11 is 1.12. The largest absolute Gasteiger partial charge is 0.481 e. The van der Waals surface area contributed by atoms with E-state index >= 15 is 0 Å². The quantitative estimate of drug-likeness (QED) is 0.831. The van der Waals surface area contributed by atoms with Crippen LogP contribution in [0.2, 0.25) is 0 Å². The summed E-state index contributed by atoms with van der Waals surface area (Å²) in [6, 6.07) is 5.38. The van der Waals surface area contributed by atoms with Crippen molar-refractivity contribution < 1.29 is 27.5 Å². The predicted molar refractivity (Wildman–Crippen MR) is 92.0 cm³/mol. The van der Waals surface area contributed by atoms with Crippen LogP contribution < -0.4 is 4.90 Å². The fourth-order valence-electron chi connectivity index (χ4n) is 2.87. The molecule has 2 heterocycles. The maximum Gasteiger partial charge on any atom is 0.303 e. The van der Waals surface area contributed by atoms with Crippen LogP contribution in [-0.2, 0) is 19.4 Å². The summed E-state index contributed by atoms with van der Waals surface area (Å²) in [6.07, 6.45) is -0.612. The fourth-order valence-corrected chi connectivity index (χ4v) is 6.79. The molecule has 0 radical (unpaired) electrons. The van der Waals surface area contributed by atoms with Crippen molar-refractivity contribution in [2.45, 2.75) is 24.1 Å². The highest BCUT2D eigenvalue weighted by Gasteiger charge is 2.49. The number of nitrogens with zero attached hydrogens (tertiary/aromatic N) is 2. The van der Waals surface area contributed by atoms with E-state index in [-0.39, 0.29) is 40.5 Å². The molecule has 3 rings (SSSR count). The topological polar surface area (TPSA) is 104 Å². The van der Waals surface area contributed by atoms with E-state index in [9.17, 15) is 22.4 Å². The number of hydrogen-bond acceptors (Lipinski definition) is 5. The van der Waals surface area contributed by atoms with Crippen molar-refractivity contribution in [3.8, 4) is 0 Å². The predicted octanol–water partition coefficient (Wildman–Crippen LogP) is 1.29. The third-order valence-electron chi connectivity index (χ3n) is 3.95. The monoisotopic (exact) mass is 386 g/mol. The van der Waals surface area contributed by atoms with Crippen LogP contribution in [0, 0.1) is 5.82 Å². The number of fused-ring (bicyclic) bond motifs is 1. The first-order valence-corrected chi connectivity index (χ1v) is 10.2. The lowest BCUT2D eigenvalue weighted by Crippen LogP contribution is -2.38. The molecule has 2 aliphatic heterocycles. The minimum absolute atomic E-state index is 0.0599. The van der Waals surface area contributed by atoms with Crippen molar-refractivity contribution in [2.75, 3.05) is 16.4 Å². The molecule has 1 aromatic carbocycles. The zero-order chi connectivity index (χ0) is 18.2. The number of para-hydroxylation sites is 1. The number of aliphatic carboxylic acids is 1. The molecule has 2 aliphatic rings. The molecule has 2 unspecified atom stereocenters. The molecule has 1 aromatic rings. The van der Waals surface area contributed by atoms with Gasteiger partial charge in [0.15, 0.2) is 15.0 Å². The Morgan fingerprint density at radius 3 is 2.68 bits per heavy atom. The second-order valence-corrected chi connectivity index (χ2v) is 9.16. The first-order chi connectivity index (χ1) is 11.8. The minimum atomic E-state index is -3.24. The van der Waals surface area contributed by atoms with Gasteiger partial charge in [0.05, 0.1) is 29.7 Å². The Balaban J connectivity index is 1.94. The van der Waals surface area contributed by atoms with E-state index in [1.807, 2.05) is 0 Å². The van der Waals surface area contributed by atoms with Crippen molar-refractivity contribution in [2.24, 2.45) is 4.99 Å². The number of hydrogen-bond donors (Lipinski definition) is 1. The van der Waals surface area contributed by atoms with Gasteiger partial charge in [-0.25, -0.2) is 12.8 Å². The molecule has 10 heteroatoms. The Kier molecular flexibility index (Phi) is 4.83. The first kappa shape index (κ1) is 17.9. The molecule has 2 saturated heterocycles. The highest BCUT2D eigenvalue weighted by atomic mass is 32.2. The molecule has 7 nitrogen and oxygen atoms in total.